The first-order chi connectivity index (χ1) is 13.3. The molecule has 0 amide bonds. The van der Waals surface area contributed by atoms with Crippen molar-refractivity contribution in [2.24, 2.45) is 13.0 Å². The average molecular weight is 408 g/mol. The Kier molecular flexibility index (Phi) is 5.71. The first kappa shape index (κ1) is 19.9. The van der Waals surface area contributed by atoms with E-state index in [4.69, 9.17) is 11.6 Å². The zero-order chi connectivity index (χ0) is 20.4. The third kappa shape index (κ3) is 4.02. The van der Waals surface area contributed by atoms with Crippen LogP contribution in [0.2, 0.25) is 5.02 Å². The fourth-order valence-corrected chi connectivity index (χ4v) is 2.76. The van der Waals surface area contributed by atoms with Crippen molar-refractivity contribution in [2.45, 2.75) is 26.4 Å². The highest BCUT2D eigenvalue weighted by molar-refractivity contribution is 6.32. The maximum absolute atomic E-state index is 10.0. The standard InChI is InChI=1S/C17H22ClN7O3/c1-8(2)11(7-26)20-17-21-15(14-16(22-17)25(3)24-23-14)19-6-9-4-13(28)10(18)5-12(9)27/h4-5,8,11,26-28H,6-7H2,1-3H3,(H2,19,20,21,22). The quantitative estimate of drug-likeness (QED) is 0.371. The van der Waals surface area contributed by atoms with Crippen molar-refractivity contribution in [3.05, 3.63) is 22.7 Å². The van der Waals surface area contributed by atoms with Gasteiger partial charge in [0.2, 0.25) is 5.95 Å². The van der Waals surface area contributed by atoms with Crippen molar-refractivity contribution in [3.63, 3.8) is 0 Å². The molecule has 0 saturated heterocycles. The molecule has 3 aromatic rings. The zero-order valence-electron chi connectivity index (χ0n) is 15.7. The molecule has 5 N–H and O–H groups in total. The number of aromatic hydroxyl groups is 2. The molecule has 11 heteroatoms. The lowest BCUT2D eigenvalue weighted by Crippen LogP contribution is -2.30. The largest absolute Gasteiger partial charge is 0.508 e. The van der Waals surface area contributed by atoms with E-state index < -0.39 is 0 Å². The van der Waals surface area contributed by atoms with E-state index >= 15 is 0 Å². The molecule has 0 aliphatic carbocycles. The number of nitrogens with zero attached hydrogens (tertiary/aromatic N) is 5. The van der Waals surface area contributed by atoms with Gasteiger partial charge in [0.15, 0.2) is 17.0 Å². The fourth-order valence-electron chi connectivity index (χ4n) is 2.61. The topological polar surface area (TPSA) is 141 Å². The Bertz CT molecular complexity index is 993. The Hall–Kier alpha value is -2.85. The molecule has 0 fully saturated rings. The third-order valence-corrected chi connectivity index (χ3v) is 4.66. The van der Waals surface area contributed by atoms with Gasteiger partial charge in [0.25, 0.3) is 0 Å². The number of anilines is 2. The van der Waals surface area contributed by atoms with Crippen molar-refractivity contribution in [3.8, 4) is 11.5 Å². The number of nitrogens with one attached hydrogen (secondary N) is 2. The molecule has 0 spiro atoms. The van der Waals surface area contributed by atoms with E-state index in [0.717, 1.165) is 0 Å². The Labute approximate surface area is 166 Å². The highest BCUT2D eigenvalue weighted by Gasteiger charge is 2.18. The molecule has 28 heavy (non-hydrogen) atoms. The molecule has 2 heterocycles. The number of fused-ring (bicyclic) bond motifs is 1. The van der Waals surface area contributed by atoms with Gasteiger partial charge in [-0.3, -0.25) is 0 Å². The average Bonchev–Trinajstić information content (AvgIpc) is 3.02. The molecule has 1 aromatic carbocycles. The van der Waals surface area contributed by atoms with Crippen molar-refractivity contribution < 1.29 is 15.3 Å². The fraction of sp³-hybridized carbons (Fsp3) is 0.412. The lowest BCUT2D eigenvalue weighted by atomic mass is 10.1. The zero-order valence-corrected chi connectivity index (χ0v) is 16.4. The van der Waals surface area contributed by atoms with Gasteiger partial charge in [-0.15, -0.1) is 5.10 Å². The number of hydrogen-bond acceptors (Lipinski definition) is 9. The maximum atomic E-state index is 10.0. The molecule has 0 saturated carbocycles. The van der Waals surface area contributed by atoms with Crippen molar-refractivity contribution in [1.82, 2.24) is 25.0 Å². The second-order valence-electron chi connectivity index (χ2n) is 6.74. The first-order valence-electron chi connectivity index (χ1n) is 8.69. The monoisotopic (exact) mass is 407 g/mol. The summed E-state index contributed by atoms with van der Waals surface area (Å²) in [5, 5.41) is 43.7. The number of phenols is 2. The van der Waals surface area contributed by atoms with Gasteiger partial charge in [0.05, 0.1) is 17.7 Å². The molecule has 0 aliphatic heterocycles. The van der Waals surface area contributed by atoms with Crippen LogP contribution >= 0.6 is 11.6 Å². The second kappa shape index (κ2) is 8.03. The molecule has 3 rings (SSSR count). The minimum Gasteiger partial charge on any atom is -0.508 e. The summed E-state index contributed by atoms with van der Waals surface area (Å²) in [6, 6.07) is 2.43. The van der Waals surface area contributed by atoms with Crippen molar-refractivity contribution in [2.75, 3.05) is 17.2 Å². The summed E-state index contributed by atoms with van der Waals surface area (Å²) in [6.07, 6.45) is 0. The Morgan fingerprint density at radius 3 is 2.61 bits per heavy atom. The molecule has 0 radical (unpaired) electrons. The van der Waals surface area contributed by atoms with Crippen LogP contribution in [0.25, 0.3) is 11.2 Å². The molecule has 2 aromatic heterocycles. The second-order valence-corrected chi connectivity index (χ2v) is 7.15. The predicted molar refractivity (Wildman–Crippen MR) is 106 cm³/mol. The summed E-state index contributed by atoms with van der Waals surface area (Å²) >= 11 is 5.79. The Balaban J connectivity index is 1.92. The first-order valence-corrected chi connectivity index (χ1v) is 9.07. The van der Waals surface area contributed by atoms with Crippen LogP contribution in [0.15, 0.2) is 12.1 Å². The molecule has 1 unspecified atom stereocenters. The Morgan fingerprint density at radius 2 is 1.93 bits per heavy atom. The molecule has 0 bridgehead atoms. The number of phenolic OH excluding ortho intramolecular Hbond substituents is 2. The minimum atomic E-state index is -0.219. The van der Waals surface area contributed by atoms with Crippen LogP contribution in [-0.2, 0) is 13.6 Å². The van der Waals surface area contributed by atoms with Gasteiger partial charge in [-0.05, 0) is 12.0 Å². The van der Waals surface area contributed by atoms with Gasteiger partial charge >= 0.3 is 0 Å². The van der Waals surface area contributed by atoms with E-state index in [2.05, 4.69) is 30.9 Å². The van der Waals surface area contributed by atoms with Crippen LogP contribution in [0.1, 0.15) is 19.4 Å². The summed E-state index contributed by atoms with van der Waals surface area (Å²) in [4.78, 5) is 8.86. The molecular formula is C17H22ClN7O3. The SMILES string of the molecule is CC(C)C(CO)Nc1nc(NCc2cc(O)c(Cl)cc2O)c2nnn(C)c2n1. The summed E-state index contributed by atoms with van der Waals surface area (Å²) < 4.78 is 1.52. The van der Waals surface area contributed by atoms with Gasteiger partial charge in [0, 0.05) is 25.2 Å². The van der Waals surface area contributed by atoms with E-state index in [0.29, 0.717) is 28.5 Å². The number of aliphatic hydroxyl groups is 1. The summed E-state index contributed by atoms with van der Waals surface area (Å²) in [7, 11) is 1.71. The highest BCUT2D eigenvalue weighted by atomic mass is 35.5. The van der Waals surface area contributed by atoms with Gasteiger partial charge < -0.3 is 26.0 Å². The summed E-state index contributed by atoms with van der Waals surface area (Å²) in [6.45, 7) is 4.05. The molecule has 0 aliphatic rings. The number of rotatable bonds is 7. The molecule has 1 atom stereocenters. The highest BCUT2D eigenvalue weighted by Crippen LogP contribution is 2.31. The van der Waals surface area contributed by atoms with E-state index in [-0.39, 0.29) is 41.6 Å². The van der Waals surface area contributed by atoms with Gasteiger partial charge in [0.1, 0.15) is 11.5 Å². The number of aliphatic hydroxyl groups excluding tert-OH is 1. The molecular weight excluding hydrogens is 386 g/mol. The van der Waals surface area contributed by atoms with E-state index in [1.807, 2.05) is 13.8 Å². The lowest BCUT2D eigenvalue weighted by Gasteiger charge is -2.20. The van der Waals surface area contributed by atoms with Gasteiger partial charge in [-0.1, -0.05) is 30.7 Å². The summed E-state index contributed by atoms with van der Waals surface area (Å²) in [5.41, 5.74) is 1.39. The smallest absolute Gasteiger partial charge is 0.227 e. The normalized spacial score (nSPS) is 12.5. The van der Waals surface area contributed by atoms with E-state index in [1.165, 1.54) is 16.8 Å². The van der Waals surface area contributed by atoms with Crippen LogP contribution < -0.4 is 10.6 Å². The number of hydrogen-bond donors (Lipinski definition) is 5. The Morgan fingerprint density at radius 1 is 1.18 bits per heavy atom. The number of aromatic nitrogens is 5. The lowest BCUT2D eigenvalue weighted by molar-refractivity contribution is 0.248. The van der Waals surface area contributed by atoms with Crippen LogP contribution in [-0.4, -0.2) is 52.9 Å². The summed E-state index contributed by atoms with van der Waals surface area (Å²) in [5.74, 6) is 0.692. The number of benzene rings is 1. The van der Waals surface area contributed by atoms with Gasteiger partial charge in [-0.2, -0.15) is 9.97 Å². The van der Waals surface area contributed by atoms with Crippen molar-refractivity contribution >= 4 is 34.5 Å². The van der Waals surface area contributed by atoms with Crippen molar-refractivity contribution in [1.29, 1.82) is 0 Å². The molecule has 150 valence electrons. The van der Waals surface area contributed by atoms with E-state index in [9.17, 15) is 15.3 Å². The number of halogens is 1. The van der Waals surface area contributed by atoms with E-state index in [1.54, 1.807) is 7.05 Å². The van der Waals surface area contributed by atoms with Crippen LogP contribution in [0.5, 0.6) is 11.5 Å². The minimum absolute atomic E-state index is 0.0572. The maximum Gasteiger partial charge on any atom is 0.227 e. The van der Waals surface area contributed by atoms with Gasteiger partial charge in [-0.25, -0.2) is 4.68 Å². The molecule has 10 nitrogen and oxygen atoms in total. The van der Waals surface area contributed by atoms with Crippen LogP contribution in [0, 0.1) is 5.92 Å². The predicted octanol–water partition coefficient (Wildman–Crippen LogP) is 1.86. The number of aryl methyl sites for hydroxylation is 1. The van der Waals surface area contributed by atoms with Crippen LogP contribution in [0.4, 0.5) is 11.8 Å². The van der Waals surface area contributed by atoms with Crippen LogP contribution in [0.3, 0.4) is 0 Å². The third-order valence-electron chi connectivity index (χ3n) is 4.36.